The minimum absolute atomic E-state index is 0. The number of ether oxygens (including phenoxy) is 1. The van der Waals surface area contributed by atoms with Crippen molar-refractivity contribution in [1.82, 2.24) is 15.2 Å². The Bertz CT molecular complexity index is 725. The standard InChI is InChI=1S/C19H28N4OS2.HI/c1-4-20-19(23(3)11-15-8-10-24-12-15)21-9-7-16-5-6-18(26-16)17-13-25-14(2)22-17;/h5-6,13,15H,4,7-12H2,1-3H3,(H,20,21);1H. The molecule has 0 amide bonds. The van der Waals surface area contributed by atoms with Crippen LogP contribution in [0.5, 0.6) is 0 Å². The van der Waals surface area contributed by atoms with Crippen LogP contribution in [0.2, 0.25) is 0 Å². The molecule has 0 saturated carbocycles. The first-order valence-electron chi connectivity index (χ1n) is 9.24. The summed E-state index contributed by atoms with van der Waals surface area (Å²) in [7, 11) is 2.12. The maximum Gasteiger partial charge on any atom is 0.193 e. The molecule has 0 aromatic carbocycles. The zero-order valence-corrected chi connectivity index (χ0v) is 20.2. The summed E-state index contributed by atoms with van der Waals surface area (Å²) >= 11 is 3.53. The fourth-order valence-corrected chi connectivity index (χ4v) is 4.71. The summed E-state index contributed by atoms with van der Waals surface area (Å²) < 4.78 is 5.49. The summed E-state index contributed by atoms with van der Waals surface area (Å²) in [6, 6.07) is 4.38. The first kappa shape index (κ1) is 22.6. The molecular weight excluding hydrogens is 491 g/mol. The lowest BCUT2D eigenvalue weighted by molar-refractivity contribution is 0.181. The van der Waals surface area contributed by atoms with E-state index in [0.717, 1.165) is 62.4 Å². The van der Waals surface area contributed by atoms with E-state index in [4.69, 9.17) is 9.73 Å². The van der Waals surface area contributed by atoms with Gasteiger partial charge in [0.05, 0.1) is 22.2 Å². The van der Waals surface area contributed by atoms with Crippen LogP contribution >= 0.6 is 46.7 Å². The maximum atomic E-state index is 5.49. The number of aromatic nitrogens is 1. The Morgan fingerprint density at radius 1 is 1.44 bits per heavy atom. The average Bonchev–Trinajstić information content (AvgIpc) is 3.36. The van der Waals surface area contributed by atoms with Gasteiger partial charge in [-0.25, -0.2) is 4.98 Å². The van der Waals surface area contributed by atoms with E-state index >= 15 is 0 Å². The molecule has 8 heteroatoms. The van der Waals surface area contributed by atoms with Gasteiger partial charge in [-0.15, -0.1) is 46.7 Å². The van der Waals surface area contributed by atoms with Gasteiger partial charge in [-0.2, -0.15) is 0 Å². The predicted octanol–water partition coefficient (Wildman–Crippen LogP) is 4.27. The number of guanidine groups is 1. The molecule has 0 radical (unpaired) electrons. The number of aliphatic imine (C=N–C) groups is 1. The third-order valence-corrected chi connectivity index (χ3v) is 6.35. The number of thiazole rings is 1. The van der Waals surface area contributed by atoms with Crippen LogP contribution < -0.4 is 5.32 Å². The second-order valence-corrected chi connectivity index (χ2v) is 8.84. The molecule has 2 aromatic heterocycles. The Balaban J connectivity index is 0.00000261. The molecule has 2 aromatic rings. The smallest absolute Gasteiger partial charge is 0.193 e. The highest BCUT2D eigenvalue weighted by atomic mass is 127. The van der Waals surface area contributed by atoms with Gasteiger partial charge in [0.1, 0.15) is 0 Å². The van der Waals surface area contributed by atoms with Crippen molar-refractivity contribution in [2.75, 3.05) is 39.9 Å². The van der Waals surface area contributed by atoms with Crippen molar-refractivity contribution >= 4 is 52.6 Å². The molecule has 1 N–H and O–H groups in total. The van der Waals surface area contributed by atoms with E-state index in [2.05, 4.69) is 46.7 Å². The molecule has 3 heterocycles. The summed E-state index contributed by atoms with van der Waals surface area (Å²) in [5, 5.41) is 6.66. The molecule has 1 aliphatic rings. The van der Waals surface area contributed by atoms with Crippen LogP contribution in [-0.2, 0) is 11.2 Å². The summed E-state index contributed by atoms with van der Waals surface area (Å²) in [6.07, 6.45) is 2.11. The Kier molecular flexibility index (Phi) is 9.47. The molecule has 1 saturated heterocycles. The van der Waals surface area contributed by atoms with Gasteiger partial charge in [0, 0.05) is 55.9 Å². The molecule has 3 rings (SSSR count). The molecule has 5 nitrogen and oxygen atoms in total. The lowest BCUT2D eigenvalue weighted by Crippen LogP contribution is -2.41. The highest BCUT2D eigenvalue weighted by molar-refractivity contribution is 14.0. The summed E-state index contributed by atoms with van der Waals surface area (Å²) in [5.74, 6) is 1.61. The highest BCUT2D eigenvalue weighted by Gasteiger charge is 2.19. The van der Waals surface area contributed by atoms with Crippen LogP contribution in [-0.4, -0.2) is 55.7 Å². The second kappa shape index (κ2) is 11.3. The van der Waals surface area contributed by atoms with Crippen molar-refractivity contribution in [3.63, 3.8) is 0 Å². The van der Waals surface area contributed by atoms with Crippen LogP contribution in [0.3, 0.4) is 0 Å². The number of thiophene rings is 1. The summed E-state index contributed by atoms with van der Waals surface area (Å²) in [5.41, 5.74) is 1.10. The topological polar surface area (TPSA) is 49.8 Å². The Labute approximate surface area is 187 Å². The molecule has 1 aliphatic heterocycles. The van der Waals surface area contributed by atoms with E-state index in [1.807, 2.05) is 18.3 Å². The number of rotatable bonds is 7. The lowest BCUT2D eigenvalue weighted by Gasteiger charge is -2.24. The molecule has 27 heavy (non-hydrogen) atoms. The van der Waals surface area contributed by atoms with Gasteiger partial charge in [0.25, 0.3) is 0 Å². The van der Waals surface area contributed by atoms with Crippen molar-refractivity contribution in [2.24, 2.45) is 10.9 Å². The molecular formula is C19H29IN4OS2. The van der Waals surface area contributed by atoms with Crippen LogP contribution in [0.25, 0.3) is 10.6 Å². The Morgan fingerprint density at radius 2 is 2.30 bits per heavy atom. The van der Waals surface area contributed by atoms with Gasteiger partial charge in [-0.1, -0.05) is 0 Å². The highest BCUT2D eigenvalue weighted by Crippen LogP contribution is 2.29. The van der Waals surface area contributed by atoms with Crippen molar-refractivity contribution in [3.8, 4) is 10.6 Å². The maximum absolute atomic E-state index is 5.49. The van der Waals surface area contributed by atoms with Crippen molar-refractivity contribution in [1.29, 1.82) is 0 Å². The zero-order valence-electron chi connectivity index (χ0n) is 16.2. The SMILES string of the molecule is CCNC(=NCCc1ccc(-c2csc(C)n2)s1)N(C)CC1CCOC1.I. The average molecular weight is 521 g/mol. The Morgan fingerprint density at radius 3 is 2.96 bits per heavy atom. The van der Waals surface area contributed by atoms with E-state index in [1.54, 1.807) is 11.3 Å². The van der Waals surface area contributed by atoms with Crippen LogP contribution in [0.1, 0.15) is 23.2 Å². The number of nitrogens with one attached hydrogen (secondary N) is 1. The molecule has 1 fully saturated rings. The number of nitrogens with zero attached hydrogens (tertiary/aromatic N) is 3. The monoisotopic (exact) mass is 520 g/mol. The van der Waals surface area contributed by atoms with Gasteiger partial charge in [0.15, 0.2) is 5.96 Å². The van der Waals surface area contributed by atoms with Gasteiger partial charge >= 0.3 is 0 Å². The predicted molar refractivity (Wildman–Crippen MR) is 127 cm³/mol. The summed E-state index contributed by atoms with van der Waals surface area (Å²) in [4.78, 5) is 14.2. The van der Waals surface area contributed by atoms with Gasteiger partial charge < -0.3 is 15.0 Å². The molecule has 0 bridgehead atoms. The molecule has 0 spiro atoms. The fraction of sp³-hybridized carbons (Fsp3) is 0.579. The molecule has 1 unspecified atom stereocenters. The Hall–Kier alpha value is -0.710. The first-order chi connectivity index (χ1) is 12.7. The quantitative estimate of drug-likeness (QED) is 0.337. The van der Waals surface area contributed by atoms with Gasteiger partial charge in [0.2, 0.25) is 0 Å². The number of aryl methyl sites for hydroxylation is 1. The third kappa shape index (κ3) is 6.69. The normalized spacial score (nSPS) is 17.0. The van der Waals surface area contributed by atoms with Crippen LogP contribution in [0.4, 0.5) is 0 Å². The first-order valence-corrected chi connectivity index (χ1v) is 10.9. The third-order valence-electron chi connectivity index (χ3n) is 4.41. The van der Waals surface area contributed by atoms with Crippen molar-refractivity contribution in [3.05, 3.63) is 27.4 Å². The van der Waals surface area contributed by atoms with Crippen molar-refractivity contribution in [2.45, 2.75) is 26.7 Å². The minimum Gasteiger partial charge on any atom is -0.381 e. The largest absolute Gasteiger partial charge is 0.381 e. The number of hydrogen-bond donors (Lipinski definition) is 1. The van der Waals surface area contributed by atoms with E-state index in [-0.39, 0.29) is 24.0 Å². The molecule has 150 valence electrons. The lowest BCUT2D eigenvalue weighted by atomic mass is 10.1. The van der Waals surface area contributed by atoms with E-state index in [0.29, 0.717) is 5.92 Å². The fourth-order valence-electron chi connectivity index (χ4n) is 3.07. The van der Waals surface area contributed by atoms with E-state index in [1.165, 1.54) is 9.75 Å². The van der Waals surface area contributed by atoms with E-state index in [9.17, 15) is 0 Å². The second-order valence-electron chi connectivity index (χ2n) is 6.61. The summed E-state index contributed by atoms with van der Waals surface area (Å²) in [6.45, 7) is 8.61. The van der Waals surface area contributed by atoms with Crippen LogP contribution in [0.15, 0.2) is 22.5 Å². The van der Waals surface area contributed by atoms with Crippen LogP contribution in [0, 0.1) is 12.8 Å². The number of hydrogen-bond acceptors (Lipinski definition) is 5. The van der Waals surface area contributed by atoms with E-state index < -0.39 is 0 Å². The molecule has 0 aliphatic carbocycles. The zero-order chi connectivity index (χ0) is 18.4. The van der Waals surface area contributed by atoms with Crippen molar-refractivity contribution < 1.29 is 4.74 Å². The minimum atomic E-state index is 0. The van der Waals surface area contributed by atoms with Gasteiger partial charge in [-0.05, 0) is 32.4 Å². The van der Waals surface area contributed by atoms with Gasteiger partial charge in [-0.3, -0.25) is 4.99 Å². The number of halogens is 1. The molecule has 1 atom stereocenters.